The number of hydrogen-bond acceptors (Lipinski definition) is 8. The summed E-state index contributed by atoms with van der Waals surface area (Å²) in [6, 6.07) is 9.84. The Labute approximate surface area is 178 Å². The van der Waals surface area contributed by atoms with Crippen LogP contribution in [0.4, 0.5) is 17.2 Å². The van der Waals surface area contributed by atoms with Gasteiger partial charge in [-0.1, -0.05) is 5.16 Å². The first-order valence-corrected chi connectivity index (χ1v) is 10.1. The SMILES string of the molecule is Cc1noc(C)c1-c1cc2nc[nH]c(=O)c2c(Nc2ccc(N3CCOCC3)cc2)n1. The van der Waals surface area contributed by atoms with Crippen molar-refractivity contribution in [3.8, 4) is 11.3 Å². The number of aryl methyl sites for hydroxylation is 2. The van der Waals surface area contributed by atoms with Crippen LogP contribution in [-0.4, -0.2) is 46.4 Å². The van der Waals surface area contributed by atoms with Gasteiger partial charge in [0, 0.05) is 24.5 Å². The van der Waals surface area contributed by atoms with Gasteiger partial charge in [-0.3, -0.25) is 4.79 Å². The third-order valence-corrected chi connectivity index (χ3v) is 5.42. The fourth-order valence-corrected chi connectivity index (χ4v) is 3.87. The predicted octanol–water partition coefficient (Wildman–Crippen LogP) is 3.17. The van der Waals surface area contributed by atoms with Crippen molar-refractivity contribution >= 4 is 28.1 Å². The van der Waals surface area contributed by atoms with Crippen LogP contribution in [0.15, 0.2) is 46.0 Å². The van der Waals surface area contributed by atoms with Gasteiger partial charge < -0.3 is 24.5 Å². The quantitative estimate of drug-likeness (QED) is 0.520. The first-order valence-electron chi connectivity index (χ1n) is 10.1. The van der Waals surface area contributed by atoms with Gasteiger partial charge in [0.2, 0.25) is 0 Å². The molecular weight excluding hydrogens is 396 g/mol. The maximum atomic E-state index is 12.6. The lowest BCUT2D eigenvalue weighted by Gasteiger charge is -2.28. The number of rotatable bonds is 4. The first kappa shape index (κ1) is 19.3. The summed E-state index contributed by atoms with van der Waals surface area (Å²) < 4.78 is 10.7. The Morgan fingerprint density at radius 2 is 1.90 bits per heavy atom. The van der Waals surface area contributed by atoms with Crippen molar-refractivity contribution in [3.05, 3.63) is 58.5 Å². The number of anilines is 3. The molecule has 1 aliphatic heterocycles. The summed E-state index contributed by atoms with van der Waals surface area (Å²) >= 11 is 0. The van der Waals surface area contributed by atoms with Gasteiger partial charge in [0.1, 0.15) is 17.0 Å². The number of morpholine rings is 1. The van der Waals surface area contributed by atoms with E-state index in [1.54, 1.807) is 6.07 Å². The van der Waals surface area contributed by atoms with Crippen LogP contribution in [0.1, 0.15) is 11.5 Å². The summed E-state index contributed by atoms with van der Waals surface area (Å²) in [7, 11) is 0. The molecule has 2 N–H and O–H groups in total. The highest BCUT2D eigenvalue weighted by molar-refractivity contribution is 5.93. The molecule has 0 radical (unpaired) electrons. The average Bonchev–Trinajstić information content (AvgIpc) is 3.12. The summed E-state index contributed by atoms with van der Waals surface area (Å²) in [6.07, 6.45) is 1.39. The molecule has 31 heavy (non-hydrogen) atoms. The minimum absolute atomic E-state index is 0.254. The van der Waals surface area contributed by atoms with Crippen LogP contribution < -0.4 is 15.8 Å². The molecule has 0 bridgehead atoms. The zero-order valence-electron chi connectivity index (χ0n) is 17.3. The van der Waals surface area contributed by atoms with E-state index in [-0.39, 0.29) is 5.56 Å². The molecule has 4 aromatic rings. The summed E-state index contributed by atoms with van der Waals surface area (Å²) in [5.41, 5.74) is 4.43. The molecule has 158 valence electrons. The number of benzene rings is 1. The highest BCUT2D eigenvalue weighted by Gasteiger charge is 2.18. The third-order valence-electron chi connectivity index (χ3n) is 5.42. The monoisotopic (exact) mass is 418 g/mol. The summed E-state index contributed by atoms with van der Waals surface area (Å²) in [4.78, 5) is 26.6. The van der Waals surface area contributed by atoms with Crippen molar-refractivity contribution < 1.29 is 9.26 Å². The molecule has 1 aromatic carbocycles. The molecular formula is C22H22N6O3. The van der Waals surface area contributed by atoms with E-state index in [4.69, 9.17) is 14.2 Å². The van der Waals surface area contributed by atoms with Crippen LogP contribution >= 0.6 is 0 Å². The van der Waals surface area contributed by atoms with E-state index >= 15 is 0 Å². The second-order valence-corrected chi connectivity index (χ2v) is 7.45. The van der Waals surface area contributed by atoms with Gasteiger partial charge in [-0.2, -0.15) is 0 Å². The normalized spacial score (nSPS) is 14.2. The van der Waals surface area contributed by atoms with Crippen molar-refractivity contribution in [1.82, 2.24) is 20.1 Å². The van der Waals surface area contributed by atoms with Gasteiger partial charge in [-0.05, 0) is 44.2 Å². The molecule has 3 aromatic heterocycles. The number of hydrogen-bond donors (Lipinski definition) is 2. The van der Waals surface area contributed by atoms with E-state index in [1.807, 2.05) is 26.0 Å². The van der Waals surface area contributed by atoms with Crippen LogP contribution in [0, 0.1) is 13.8 Å². The minimum atomic E-state index is -0.254. The molecule has 0 unspecified atom stereocenters. The highest BCUT2D eigenvalue weighted by atomic mass is 16.5. The van der Waals surface area contributed by atoms with Crippen molar-refractivity contribution in [2.75, 3.05) is 36.5 Å². The summed E-state index contributed by atoms with van der Waals surface area (Å²) in [6.45, 7) is 6.92. The topological polar surface area (TPSA) is 109 Å². The van der Waals surface area contributed by atoms with Crippen LogP contribution in [0.2, 0.25) is 0 Å². The van der Waals surface area contributed by atoms with Gasteiger partial charge in [0.05, 0.1) is 42.0 Å². The Morgan fingerprint density at radius 1 is 1.13 bits per heavy atom. The van der Waals surface area contributed by atoms with Gasteiger partial charge in [0.25, 0.3) is 5.56 Å². The number of nitrogens with zero attached hydrogens (tertiary/aromatic N) is 4. The first-order chi connectivity index (χ1) is 15.1. The lowest BCUT2D eigenvalue weighted by Crippen LogP contribution is -2.36. The smallest absolute Gasteiger partial charge is 0.262 e. The highest BCUT2D eigenvalue weighted by Crippen LogP contribution is 2.31. The molecule has 0 amide bonds. The molecule has 5 rings (SSSR count). The van der Waals surface area contributed by atoms with Crippen molar-refractivity contribution in [2.24, 2.45) is 0 Å². The van der Waals surface area contributed by atoms with Crippen LogP contribution in [0.5, 0.6) is 0 Å². The maximum Gasteiger partial charge on any atom is 0.262 e. The number of aromatic amines is 1. The van der Waals surface area contributed by atoms with E-state index < -0.39 is 0 Å². The summed E-state index contributed by atoms with van der Waals surface area (Å²) in [5, 5.41) is 7.71. The number of nitrogens with one attached hydrogen (secondary N) is 2. The van der Waals surface area contributed by atoms with Gasteiger partial charge in [-0.15, -0.1) is 0 Å². The molecule has 0 saturated carbocycles. The molecule has 0 spiro atoms. The molecule has 1 fully saturated rings. The number of ether oxygens (including phenoxy) is 1. The zero-order chi connectivity index (χ0) is 21.4. The molecule has 9 nitrogen and oxygen atoms in total. The average molecular weight is 418 g/mol. The van der Waals surface area contributed by atoms with Crippen molar-refractivity contribution in [3.63, 3.8) is 0 Å². The lowest BCUT2D eigenvalue weighted by molar-refractivity contribution is 0.122. The number of pyridine rings is 1. The Morgan fingerprint density at radius 3 is 2.61 bits per heavy atom. The van der Waals surface area contributed by atoms with Crippen molar-refractivity contribution in [2.45, 2.75) is 13.8 Å². The second kappa shape index (κ2) is 7.84. The zero-order valence-corrected chi connectivity index (χ0v) is 17.3. The largest absolute Gasteiger partial charge is 0.378 e. The second-order valence-electron chi connectivity index (χ2n) is 7.45. The van der Waals surface area contributed by atoms with Gasteiger partial charge >= 0.3 is 0 Å². The Bertz CT molecular complexity index is 1270. The van der Waals surface area contributed by atoms with Crippen molar-refractivity contribution in [1.29, 1.82) is 0 Å². The molecule has 0 aliphatic carbocycles. The molecule has 1 aliphatic rings. The number of aromatic nitrogens is 4. The summed E-state index contributed by atoms with van der Waals surface area (Å²) in [5.74, 6) is 1.09. The Hall–Kier alpha value is -3.72. The standard InChI is InChI=1S/C22H22N6O3/c1-13-19(14(2)31-27-13)18-11-17-20(22(29)24-12-23-17)21(26-18)25-15-3-5-16(6-4-15)28-7-9-30-10-8-28/h3-6,11-12H,7-10H2,1-2H3,(H,25,26)(H,23,24,29). The fraction of sp³-hybridized carbons (Fsp3) is 0.273. The Kier molecular flexibility index (Phi) is 4.87. The van der Waals surface area contributed by atoms with E-state index in [0.29, 0.717) is 28.2 Å². The molecule has 0 atom stereocenters. The van der Waals surface area contributed by atoms with Crippen LogP contribution in [-0.2, 0) is 4.74 Å². The molecule has 4 heterocycles. The molecule has 1 saturated heterocycles. The number of H-pyrrole nitrogens is 1. The van der Waals surface area contributed by atoms with Gasteiger partial charge in [0.15, 0.2) is 0 Å². The predicted molar refractivity (Wildman–Crippen MR) is 118 cm³/mol. The van der Waals surface area contributed by atoms with Gasteiger partial charge in [-0.25, -0.2) is 9.97 Å². The Balaban J connectivity index is 1.55. The number of fused-ring (bicyclic) bond motifs is 1. The van der Waals surface area contributed by atoms with E-state index in [2.05, 4.69) is 37.5 Å². The maximum absolute atomic E-state index is 12.6. The lowest BCUT2D eigenvalue weighted by atomic mass is 10.1. The third kappa shape index (κ3) is 3.64. The van der Waals surface area contributed by atoms with E-state index in [0.717, 1.165) is 48.9 Å². The van der Waals surface area contributed by atoms with E-state index in [1.165, 1.54) is 6.33 Å². The minimum Gasteiger partial charge on any atom is -0.378 e. The van der Waals surface area contributed by atoms with Crippen LogP contribution in [0.25, 0.3) is 22.2 Å². The van der Waals surface area contributed by atoms with E-state index in [9.17, 15) is 4.79 Å². The molecule has 9 heteroatoms. The fourth-order valence-electron chi connectivity index (χ4n) is 3.87. The van der Waals surface area contributed by atoms with Crippen LogP contribution in [0.3, 0.4) is 0 Å².